The number of carbonyl (C=O) groups is 1. The molecule has 3 rings (SSSR count). The number of β-amino-alcohol motifs (C(OH)–C–C–N with tert-alkyl or cyclic N) is 1. The van der Waals surface area contributed by atoms with E-state index in [9.17, 15) is 14.7 Å². The zero-order chi connectivity index (χ0) is 14.9. The Morgan fingerprint density at radius 2 is 1.90 bits per heavy atom. The minimum absolute atomic E-state index is 0.229. The Kier molecular flexibility index (Phi) is 3.35. The number of hydrogen-bond acceptors (Lipinski definition) is 3. The third kappa shape index (κ3) is 2.60. The molecule has 1 aliphatic rings. The fourth-order valence-corrected chi connectivity index (χ4v) is 2.69. The molecule has 1 unspecified atom stereocenters. The number of amides is 1. The average Bonchev–Trinajstić information content (AvgIpc) is 2.91. The van der Waals surface area contributed by atoms with Crippen LogP contribution < -0.4 is 5.56 Å². The number of rotatable bonds is 2. The monoisotopic (exact) mass is 284 g/mol. The topological polar surface area (TPSA) is 73.4 Å². The number of benzene rings is 1. The van der Waals surface area contributed by atoms with Crippen LogP contribution in [-0.2, 0) is 5.60 Å². The first-order valence-corrected chi connectivity index (χ1v) is 6.85. The molecule has 1 aromatic carbocycles. The molecular weight excluding hydrogens is 268 g/mol. The summed E-state index contributed by atoms with van der Waals surface area (Å²) < 4.78 is 0. The van der Waals surface area contributed by atoms with Crippen molar-refractivity contribution in [3.8, 4) is 0 Å². The number of pyridine rings is 1. The molecular formula is C16H16N2O3. The molecule has 1 aliphatic heterocycles. The number of nitrogens with one attached hydrogen (secondary N) is 1. The third-order valence-electron chi connectivity index (χ3n) is 3.84. The second-order valence-electron chi connectivity index (χ2n) is 5.30. The molecule has 0 aliphatic carbocycles. The fourth-order valence-electron chi connectivity index (χ4n) is 2.69. The van der Waals surface area contributed by atoms with Gasteiger partial charge in [-0.1, -0.05) is 36.4 Å². The van der Waals surface area contributed by atoms with Gasteiger partial charge in [0.05, 0.1) is 6.54 Å². The summed E-state index contributed by atoms with van der Waals surface area (Å²) in [6.07, 6.45) is 0.486. The Balaban J connectivity index is 1.81. The number of nitrogens with zero attached hydrogens (tertiary/aromatic N) is 1. The number of likely N-dealkylation sites (tertiary alicyclic amines) is 1. The van der Waals surface area contributed by atoms with E-state index in [0.29, 0.717) is 13.0 Å². The quantitative estimate of drug-likeness (QED) is 0.867. The van der Waals surface area contributed by atoms with Crippen LogP contribution in [0.3, 0.4) is 0 Å². The Bertz CT molecular complexity index is 711. The van der Waals surface area contributed by atoms with Gasteiger partial charge in [0.15, 0.2) is 0 Å². The molecule has 1 atom stereocenters. The average molecular weight is 284 g/mol. The van der Waals surface area contributed by atoms with Crippen molar-refractivity contribution in [3.63, 3.8) is 0 Å². The van der Waals surface area contributed by atoms with Gasteiger partial charge < -0.3 is 15.0 Å². The van der Waals surface area contributed by atoms with Crippen molar-refractivity contribution < 1.29 is 9.90 Å². The van der Waals surface area contributed by atoms with Gasteiger partial charge >= 0.3 is 0 Å². The molecule has 5 nitrogen and oxygen atoms in total. The van der Waals surface area contributed by atoms with E-state index in [1.54, 1.807) is 17.0 Å². The summed E-state index contributed by atoms with van der Waals surface area (Å²) in [6.45, 7) is 0.688. The van der Waals surface area contributed by atoms with E-state index < -0.39 is 5.60 Å². The molecule has 0 saturated carbocycles. The van der Waals surface area contributed by atoms with Gasteiger partial charge in [0, 0.05) is 12.6 Å². The van der Waals surface area contributed by atoms with Gasteiger partial charge in [-0.3, -0.25) is 9.59 Å². The first-order chi connectivity index (χ1) is 10.1. The van der Waals surface area contributed by atoms with E-state index in [2.05, 4.69) is 4.98 Å². The molecule has 1 saturated heterocycles. The molecule has 1 aromatic heterocycles. The second kappa shape index (κ2) is 5.18. The largest absolute Gasteiger partial charge is 0.383 e. The van der Waals surface area contributed by atoms with Crippen LogP contribution in [-0.4, -0.2) is 34.0 Å². The summed E-state index contributed by atoms with van der Waals surface area (Å²) in [4.78, 5) is 27.7. The molecule has 0 bridgehead atoms. The maximum Gasteiger partial charge on any atom is 0.270 e. The van der Waals surface area contributed by atoms with Crippen molar-refractivity contribution in [2.75, 3.05) is 13.1 Å². The van der Waals surface area contributed by atoms with Crippen LogP contribution >= 0.6 is 0 Å². The van der Waals surface area contributed by atoms with Gasteiger partial charge in [-0.25, -0.2) is 0 Å². The first-order valence-electron chi connectivity index (χ1n) is 6.85. The Morgan fingerprint density at radius 3 is 2.62 bits per heavy atom. The highest BCUT2D eigenvalue weighted by molar-refractivity contribution is 5.92. The highest BCUT2D eigenvalue weighted by atomic mass is 16.3. The highest BCUT2D eigenvalue weighted by Gasteiger charge is 2.39. The number of H-pyrrole nitrogens is 1. The minimum atomic E-state index is -1.02. The van der Waals surface area contributed by atoms with Crippen molar-refractivity contribution in [3.05, 3.63) is 70.1 Å². The van der Waals surface area contributed by atoms with Crippen molar-refractivity contribution >= 4 is 5.91 Å². The molecule has 2 aromatic rings. The summed E-state index contributed by atoms with van der Waals surface area (Å²) >= 11 is 0. The maximum absolute atomic E-state index is 12.4. The van der Waals surface area contributed by atoms with Crippen LogP contribution in [0.25, 0.3) is 0 Å². The second-order valence-corrected chi connectivity index (χ2v) is 5.30. The van der Waals surface area contributed by atoms with Gasteiger partial charge in [0.25, 0.3) is 5.91 Å². The van der Waals surface area contributed by atoms with Gasteiger partial charge in [-0.15, -0.1) is 0 Å². The Morgan fingerprint density at radius 1 is 1.14 bits per heavy atom. The third-order valence-corrected chi connectivity index (χ3v) is 3.84. The summed E-state index contributed by atoms with van der Waals surface area (Å²) in [5.74, 6) is -0.264. The SMILES string of the molecule is O=C(c1cccc(=O)[nH]1)N1CCC(O)(c2ccccc2)C1. The number of aliphatic hydroxyl groups is 1. The van der Waals surface area contributed by atoms with E-state index in [-0.39, 0.29) is 23.7 Å². The molecule has 1 fully saturated rings. The normalized spacial score (nSPS) is 21.5. The molecule has 0 spiro atoms. The smallest absolute Gasteiger partial charge is 0.270 e. The van der Waals surface area contributed by atoms with Crippen molar-refractivity contribution in [1.29, 1.82) is 0 Å². The zero-order valence-electron chi connectivity index (χ0n) is 11.5. The van der Waals surface area contributed by atoms with E-state index in [4.69, 9.17) is 0 Å². The standard InChI is InChI=1S/C16H16N2O3/c19-14-8-4-7-13(17-14)15(20)18-10-9-16(21,11-18)12-5-2-1-3-6-12/h1-8,21H,9-11H2,(H,17,19). The highest BCUT2D eigenvalue weighted by Crippen LogP contribution is 2.32. The summed E-state index contributed by atoms with van der Waals surface area (Å²) in [5.41, 5.74) is -0.272. The lowest BCUT2D eigenvalue weighted by Crippen LogP contribution is -2.35. The number of hydrogen-bond donors (Lipinski definition) is 2. The number of carbonyl (C=O) groups excluding carboxylic acids is 1. The number of aromatic nitrogens is 1. The van der Waals surface area contributed by atoms with Gasteiger partial charge in [-0.05, 0) is 18.1 Å². The lowest BCUT2D eigenvalue weighted by Gasteiger charge is -2.23. The molecule has 5 heteroatoms. The molecule has 1 amide bonds. The maximum atomic E-state index is 12.4. The fraction of sp³-hybridized carbons (Fsp3) is 0.250. The van der Waals surface area contributed by atoms with Crippen LogP contribution in [0.1, 0.15) is 22.5 Å². The zero-order valence-corrected chi connectivity index (χ0v) is 11.5. The minimum Gasteiger partial charge on any atom is -0.383 e. The summed E-state index contributed by atoms with van der Waals surface area (Å²) in [6, 6.07) is 13.8. The molecule has 108 valence electrons. The predicted octanol–water partition coefficient (Wildman–Crippen LogP) is 1.11. The van der Waals surface area contributed by atoms with Crippen molar-refractivity contribution in [1.82, 2.24) is 9.88 Å². The van der Waals surface area contributed by atoms with Crippen LogP contribution in [0.5, 0.6) is 0 Å². The van der Waals surface area contributed by atoms with E-state index in [1.807, 2.05) is 30.3 Å². The lowest BCUT2D eigenvalue weighted by molar-refractivity contribution is 0.0415. The molecule has 0 radical (unpaired) electrons. The Labute approximate surface area is 121 Å². The van der Waals surface area contributed by atoms with E-state index in [0.717, 1.165) is 5.56 Å². The summed E-state index contributed by atoms with van der Waals surface area (Å²) in [7, 11) is 0. The van der Waals surface area contributed by atoms with Crippen LogP contribution in [0.4, 0.5) is 0 Å². The van der Waals surface area contributed by atoms with Crippen molar-refractivity contribution in [2.45, 2.75) is 12.0 Å². The summed E-state index contributed by atoms with van der Waals surface area (Å²) in [5, 5.41) is 10.7. The predicted molar refractivity (Wildman–Crippen MR) is 77.9 cm³/mol. The molecule has 2 N–H and O–H groups in total. The van der Waals surface area contributed by atoms with Gasteiger partial charge in [0.2, 0.25) is 5.56 Å². The van der Waals surface area contributed by atoms with Gasteiger partial charge in [0.1, 0.15) is 11.3 Å². The van der Waals surface area contributed by atoms with E-state index in [1.165, 1.54) is 6.07 Å². The van der Waals surface area contributed by atoms with Crippen LogP contribution in [0.2, 0.25) is 0 Å². The Hall–Kier alpha value is -2.40. The van der Waals surface area contributed by atoms with Crippen LogP contribution in [0.15, 0.2) is 53.3 Å². The first kappa shape index (κ1) is 13.6. The lowest BCUT2D eigenvalue weighted by atomic mass is 9.93. The van der Waals surface area contributed by atoms with E-state index >= 15 is 0 Å². The van der Waals surface area contributed by atoms with Crippen LogP contribution in [0, 0.1) is 0 Å². The van der Waals surface area contributed by atoms with Crippen molar-refractivity contribution in [2.24, 2.45) is 0 Å². The van der Waals surface area contributed by atoms with Gasteiger partial charge in [-0.2, -0.15) is 0 Å². The molecule has 21 heavy (non-hydrogen) atoms. The number of aromatic amines is 1. The molecule has 2 heterocycles.